The first-order valence-corrected chi connectivity index (χ1v) is 9.39. The highest BCUT2D eigenvalue weighted by Crippen LogP contribution is 2.18. The van der Waals surface area contributed by atoms with E-state index in [2.05, 4.69) is 10.3 Å². The molecule has 2 heterocycles. The first kappa shape index (κ1) is 15.9. The number of fused-ring (bicyclic) bond motifs is 1. The van der Waals surface area contributed by atoms with Crippen LogP contribution >= 0.6 is 0 Å². The molecule has 7 heteroatoms. The molecule has 1 unspecified atom stereocenters. The fourth-order valence-electron chi connectivity index (χ4n) is 2.92. The Kier molecular flexibility index (Phi) is 4.32. The lowest BCUT2D eigenvalue weighted by Gasteiger charge is -2.31. The molecule has 6 nitrogen and oxygen atoms in total. The smallest absolute Gasteiger partial charge is 0.253 e. The molecule has 1 fully saturated rings. The summed E-state index contributed by atoms with van der Waals surface area (Å²) in [5.41, 5.74) is 0.513. The highest BCUT2D eigenvalue weighted by atomic mass is 32.2. The number of hydrogen-bond acceptors (Lipinski definition) is 4. The number of benzene rings is 1. The van der Waals surface area contributed by atoms with Gasteiger partial charge in [-0.05, 0) is 18.2 Å². The first-order valence-electron chi connectivity index (χ1n) is 7.54. The lowest BCUT2D eigenvalue weighted by molar-refractivity contribution is 0.0923. The number of sulfonamides is 1. The molecule has 0 bridgehead atoms. The van der Waals surface area contributed by atoms with Crippen LogP contribution in [-0.4, -0.2) is 49.0 Å². The molecule has 0 radical (unpaired) electrons. The van der Waals surface area contributed by atoms with Gasteiger partial charge in [-0.25, -0.2) is 12.7 Å². The summed E-state index contributed by atoms with van der Waals surface area (Å²) in [7, 11) is -3.22. The van der Waals surface area contributed by atoms with Crippen LogP contribution in [0.15, 0.2) is 36.7 Å². The number of rotatable bonds is 3. The van der Waals surface area contributed by atoms with Gasteiger partial charge in [0.2, 0.25) is 10.0 Å². The second kappa shape index (κ2) is 6.25. The highest BCUT2D eigenvalue weighted by Gasteiger charge is 2.27. The number of pyridine rings is 1. The average Bonchev–Trinajstić information content (AvgIpc) is 2.53. The molecule has 1 aromatic heterocycles. The maximum Gasteiger partial charge on any atom is 0.253 e. The summed E-state index contributed by atoms with van der Waals surface area (Å²) in [6, 6.07) is 7.40. The van der Waals surface area contributed by atoms with Gasteiger partial charge in [0.05, 0.1) is 11.8 Å². The molecule has 1 amide bonds. The van der Waals surface area contributed by atoms with Crippen molar-refractivity contribution in [3.8, 4) is 0 Å². The van der Waals surface area contributed by atoms with E-state index in [0.29, 0.717) is 18.7 Å². The number of piperidine rings is 1. The molecule has 1 N–H and O–H groups in total. The third-order valence-corrected chi connectivity index (χ3v) is 5.37. The van der Waals surface area contributed by atoms with Crippen LogP contribution in [0.1, 0.15) is 23.2 Å². The molecular formula is C16H19N3O3S. The number of amides is 1. The molecule has 23 heavy (non-hydrogen) atoms. The maximum atomic E-state index is 12.6. The predicted octanol–water partition coefficient (Wildman–Crippen LogP) is 1.39. The van der Waals surface area contributed by atoms with Gasteiger partial charge < -0.3 is 5.32 Å². The molecule has 1 aromatic carbocycles. The second-order valence-corrected chi connectivity index (χ2v) is 7.82. The predicted molar refractivity (Wildman–Crippen MR) is 88.6 cm³/mol. The van der Waals surface area contributed by atoms with Crippen molar-refractivity contribution in [2.45, 2.75) is 18.9 Å². The van der Waals surface area contributed by atoms with E-state index in [4.69, 9.17) is 0 Å². The van der Waals surface area contributed by atoms with Crippen molar-refractivity contribution < 1.29 is 13.2 Å². The van der Waals surface area contributed by atoms with Crippen LogP contribution in [0, 0.1) is 0 Å². The third-order valence-electron chi connectivity index (χ3n) is 4.10. The van der Waals surface area contributed by atoms with Crippen LogP contribution in [0.2, 0.25) is 0 Å². The Morgan fingerprint density at radius 3 is 2.87 bits per heavy atom. The van der Waals surface area contributed by atoms with E-state index in [9.17, 15) is 13.2 Å². The Balaban J connectivity index is 1.78. The fraction of sp³-hybridized carbons (Fsp3) is 0.375. The zero-order chi connectivity index (χ0) is 16.4. The van der Waals surface area contributed by atoms with E-state index in [-0.39, 0.29) is 11.9 Å². The highest BCUT2D eigenvalue weighted by molar-refractivity contribution is 7.88. The standard InChI is InChI=1S/C16H19N3O3S/c1-23(21,22)19-8-4-6-13(11-19)18-16(20)15-10-17-9-12-5-2-3-7-14(12)15/h2-3,5,7,9-10,13H,4,6,8,11H2,1H3,(H,18,20). The van der Waals surface area contributed by atoms with Gasteiger partial charge in [0, 0.05) is 36.9 Å². The Morgan fingerprint density at radius 2 is 2.09 bits per heavy atom. The number of nitrogens with zero attached hydrogens (tertiary/aromatic N) is 2. The normalized spacial score (nSPS) is 19.6. The fourth-order valence-corrected chi connectivity index (χ4v) is 3.83. The Labute approximate surface area is 135 Å². The van der Waals surface area contributed by atoms with Gasteiger partial charge in [0.25, 0.3) is 5.91 Å². The van der Waals surface area contributed by atoms with Crippen molar-refractivity contribution >= 4 is 26.7 Å². The topological polar surface area (TPSA) is 79.4 Å². The summed E-state index contributed by atoms with van der Waals surface area (Å²) >= 11 is 0. The Bertz CT molecular complexity index is 830. The van der Waals surface area contributed by atoms with Crippen LogP contribution in [-0.2, 0) is 10.0 Å². The van der Waals surface area contributed by atoms with Crippen LogP contribution in [0.5, 0.6) is 0 Å². The molecule has 0 aliphatic carbocycles. The van der Waals surface area contributed by atoms with E-state index >= 15 is 0 Å². The number of carbonyl (C=O) groups is 1. The molecular weight excluding hydrogens is 314 g/mol. The maximum absolute atomic E-state index is 12.6. The summed E-state index contributed by atoms with van der Waals surface area (Å²) in [4.78, 5) is 16.7. The minimum Gasteiger partial charge on any atom is -0.348 e. The van der Waals surface area contributed by atoms with Crippen molar-refractivity contribution in [1.29, 1.82) is 0 Å². The van der Waals surface area contributed by atoms with Gasteiger partial charge in [-0.15, -0.1) is 0 Å². The van der Waals surface area contributed by atoms with Crippen molar-refractivity contribution in [3.63, 3.8) is 0 Å². The van der Waals surface area contributed by atoms with Gasteiger partial charge in [-0.1, -0.05) is 24.3 Å². The molecule has 122 valence electrons. The summed E-state index contributed by atoms with van der Waals surface area (Å²) < 4.78 is 24.8. The molecule has 0 saturated carbocycles. The van der Waals surface area contributed by atoms with Crippen LogP contribution < -0.4 is 5.32 Å². The molecule has 1 aliphatic rings. The molecule has 1 aliphatic heterocycles. The number of aromatic nitrogens is 1. The van der Waals surface area contributed by atoms with Crippen molar-refractivity contribution in [2.75, 3.05) is 19.3 Å². The summed E-state index contributed by atoms with van der Waals surface area (Å²) in [6.07, 6.45) is 5.99. The minimum absolute atomic E-state index is 0.176. The van der Waals surface area contributed by atoms with Crippen molar-refractivity contribution in [2.24, 2.45) is 0 Å². The molecule has 3 rings (SSSR count). The van der Waals surface area contributed by atoms with Gasteiger partial charge in [0.15, 0.2) is 0 Å². The van der Waals surface area contributed by atoms with Crippen LogP contribution in [0.4, 0.5) is 0 Å². The second-order valence-electron chi connectivity index (χ2n) is 5.84. The molecule has 2 aromatic rings. The van der Waals surface area contributed by atoms with Crippen LogP contribution in [0.25, 0.3) is 10.8 Å². The molecule has 1 atom stereocenters. The van der Waals surface area contributed by atoms with Crippen LogP contribution in [0.3, 0.4) is 0 Å². The minimum atomic E-state index is -3.22. The summed E-state index contributed by atoms with van der Waals surface area (Å²) in [5.74, 6) is -0.213. The quantitative estimate of drug-likeness (QED) is 0.920. The van der Waals surface area contributed by atoms with Crippen molar-refractivity contribution in [1.82, 2.24) is 14.6 Å². The van der Waals surface area contributed by atoms with Gasteiger partial charge in [-0.3, -0.25) is 9.78 Å². The Hall–Kier alpha value is -1.99. The largest absolute Gasteiger partial charge is 0.348 e. The van der Waals surface area contributed by atoms with E-state index in [1.807, 2.05) is 24.3 Å². The zero-order valence-corrected chi connectivity index (χ0v) is 13.7. The number of hydrogen-bond donors (Lipinski definition) is 1. The van der Waals surface area contributed by atoms with E-state index < -0.39 is 10.0 Å². The molecule has 0 spiro atoms. The average molecular weight is 333 g/mol. The summed E-state index contributed by atoms with van der Waals surface area (Å²) in [5, 5.41) is 4.69. The van der Waals surface area contributed by atoms with Gasteiger partial charge in [0.1, 0.15) is 0 Å². The third kappa shape index (κ3) is 3.51. The first-order chi connectivity index (χ1) is 10.9. The van der Waals surface area contributed by atoms with Gasteiger partial charge in [-0.2, -0.15) is 0 Å². The number of nitrogens with one attached hydrogen (secondary N) is 1. The molecule has 1 saturated heterocycles. The van der Waals surface area contributed by atoms with E-state index in [0.717, 1.165) is 23.6 Å². The van der Waals surface area contributed by atoms with Gasteiger partial charge >= 0.3 is 0 Å². The lowest BCUT2D eigenvalue weighted by atomic mass is 10.0. The number of carbonyl (C=O) groups excluding carboxylic acids is 1. The SMILES string of the molecule is CS(=O)(=O)N1CCCC(NC(=O)c2cncc3ccccc23)C1. The van der Waals surface area contributed by atoms with Crippen molar-refractivity contribution in [3.05, 3.63) is 42.2 Å². The lowest BCUT2D eigenvalue weighted by Crippen LogP contribution is -2.49. The monoisotopic (exact) mass is 333 g/mol. The summed E-state index contributed by atoms with van der Waals surface area (Å²) in [6.45, 7) is 0.837. The van der Waals surface area contributed by atoms with E-state index in [1.165, 1.54) is 10.6 Å². The zero-order valence-electron chi connectivity index (χ0n) is 12.9. The van der Waals surface area contributed by atoms with E-state index in [1.54, 1.807) is 12.4 Å². The Morgan fingerprint density at radius 1 is 1.30 bits per heavy atom.